The molecule has 1 N–H and O–H groups in total. The number of allylic oxidation sites excluding steroid dienone is 2. The number of hydrogen-bond acceptors (Lipinski definition) is 2. The summed E-state index contributed by atoms with van der Waals surface area (Å²) in [4.78, 5) is 12.2. The highest BCUT2D eigenvalue weighted by molar-refractivity contribution is 8.26. The van der Waals surface area contributed by atoms with Crippen molar-refractivity contribution in [2.24, 2.45) is 5.92 Å². The van der Waals surface area contributed by atoms with Crippen molar-refractivity contribution in [2.75, 3.05) is 6.54 Å². The summed E-state index contributed by atoms with van der Waals surface area (Å²) in [6.07, 6.45) is 6.49. The maximum Gasteiger partial charge on any atom is 0.373 e. The summed E-state index contributed by atoms with van der Waals surface area (Å²) >= 11 is 0. The summed E-state index contributed by atoms with van der Waals surface area (Å²) in [5.74, 6) is 0.487. The molecule has 0 bridgehead atoms. The highest BCUT2D eigenvalue weighted by Crippen LogP contribution is 2.45. The van der Waals surface area contributed by atoms with Gasteiger partial charge in [-0.2, -0.15) is 0 Å². The Labute approximate surface area is 79.1 Å². The fourth-order valence-corrected chi connectivity index (χ4v) is 4.36. The Morgan fingerprint density at radius 2 is 2.54 bits per heavy atom. The predicted octanol–water partition coefficient (Wildman–Crippen LogP) is 1.68. The van der Waals surface area contributed by atoms with E-state index in [-0.39, 0.29) is 0 Å². The van der Waals surface area contributed by atoms with Crippen LogP contribution in [0.4, 0.5) is 4.79 Å². The van der Waals surface area contributed by atoms with Gasteiger partial charge in [0.15, 0.2) is 0 Å². The van der Waals surface area contributed by atoms with Crippen molar-refractivity contribution in [3.05, 3.63) is 12.2 Å². The summed E-state index contributed by atoms with van der Waals surface area (Å²) in [5.41, 5.74) is 0. The van der Waals surface area contributed by atoms with Gasteiger partial charge >= 0.3 is 5.30 Å². The Balaban J connectivity index is 2.06. The summed E-state index contributed by atoms with van der Waals surface area (Å²) < 4.78 is 2.15. The SMILES string of the molecule is O=C(O)S1=C2C=CC2CC2CCN21. The van der Waals surface area contributed by atoms with Gasteiger partial charge in [0.25, 0.3) is 0 Å². The molecule has 0 radical (unpaired) electrons. The second kappa shape index (κ2) is 2.45. The van der Waals surface area contributed by atoms with Crippen LogP contribution in [0.3, 0.4) is 0 Å². The smallest absolute Gasteiger partial charge is 0.373 e. The molecule has 1 aliphatic carbocycles. The third-order valence-corrected chi connectivity index (χ3v) is 5.26. The van der Waals surface area contributed by atoms with Crippen LogP contribution in [0.2, 0.25) is 0 Å². The highest BCUT2D eigenvalue weighted by atomic mass is 32.2. The first-order valence-electron chi connectivity index (χ1n) is 4.56. The quantitative estimate of drug-likeness (QED) is 0.601. The third kappa shape index (κ3) is 0.901. The molecule has 3 atom stereocenters. The van der Waals surface area contributed by atoms with E-state index in [0.29, 0.717) is 12.0 Å². The van der Waals surface area contributed by atoms with Gasteiger partial charge in [-0.05, 0) is 23.5 Å². The van der Waals surface area contributed by atoms with Crippen LogP contribution in [0.15, 0.2) is 12.2 Å². The van der Waals surface area contributed by atoms with Crippen molar-refractivity contribution in [2.45, 2.75) is 18.9 Å². The highest BCUT2D eigenvalue weighted by Gasteiger charge is 2.42. The average molecular weight is 197 g/mol. The normalized spacial score (nSPS) is 41.5. The second-order valence-electron chi connectivity index (χ2n) is 3.74. The summed E-state index contributed by atoms with van der Waals surface area (Å²) in [6, 6.07) is 0.554. The first-order valence-corrected chi connectivity index (χ1v) is 5.74. The van der Waals surface area contributed by atoms with Gasteiger partial charge in [-0.3, -0.25) is 0 Å². The van der Waals surface area contributed by atoms with Crippen molar-refractivity contribution in [3.8, 4) is 0 Å². The van der Waals surface area contributed by atoms with E-state index in [1.54, 1.807) is 0 Å². The fraction of sp³-hybridized carbons (Fsp3) is 0.556. The van der Waals surface area contributed by atoms with Crippen molar-refractivity contribution in [1.82, 2.24) is 4.31 Å². The Bertz CT molecular complexity index is 348. The molecule has 0 spiro atoms. The van der Waals surface area contributed by atoms with Gasteiger partial charge in [0.05, 0.1) is 0 Å². The summed E-state index contributed by atoms with van der Waals surface area (Å²) in [6.45, 7) is 0.976. The molecule has 13 heavy (non-hydrogen) atoms. The van der Waals surface area contributed by atoms with Gasteiger partial charge in [-0.25, -0.2) is 9.10 Å². The number of hydrogen-bond donors (Lipinski definition) is 1. The molecule has 2 heterocycles. The maximum atomic E-state index is 11.1. The minimum absolute atomic E-state index is 0.487. The van der Waals surface area contributed by atoms with Crippen LogP contribution < -0.4 is 0 Å². The van der Waals surface area contributed by atoms with Gasteiger partial charge in [0, 0.05) is 23.4 Å². The van der Waals surface area contributed by atoms with E-state index < -0.39 is 16.0 Å². The number of nitrogens with zero attached hydrogens (tertiary/aromatic N) is 1. The van der Waals surface area contributed by atoms with Crippen LogP contribution in [-0.4, -0.2) is 32.2 Å². The third-order valence-electron chi connectivity index (χ3n) is 3.10. The van der Waals surface area contributed by atoms with Gasteiger partial charge in [-0.15, -0.1) is 0 Å². The molecule has 2 aliphatic heterocycles. The van der Waals surface area contributed by atoms with Gasteiger partial charge in [0.1, 0.15) is 0 Å². The van der Waals surface area contributed by atoms with Crippen molar-refractivity contribution in [1.29, 1.82) is 0 Å². The van der Waals surface area contributed by atoms with E-state index >= 15 is 0 Å². The molecule has 0 amide bonds. The monoisotopic (exact) mass is 197 g/mol. The Hall–Kier alpha value is -0.610. The first kappa shape index (κ1) is 7.76. The Morgan fingerprint density at radius 1 is 1.69 bits per heavy atom. The molecule has 0 saturated carbocycles. The molecule has 1 saturated heterocycles. The van der Waals surface area contributed by atoms with Crippen LogP contribution in [-0.2, 0) is 0 Å². The molecule has 0 aromatic carbocycles. The second-order valence-corrected chi connectivity index (χ2v) is 5.60. The summed E-state index contributed by atoms with van der Waals surface area (Å²) in [7, 11) is -0.593. The number of carbonyl (C=O) groups is 1. The Kier molecular flexibility index (Phi) is 1.46. The van der Waals surface area contributed by atoms with Crippen LogP contribution in [0.1, 0.15) is 12.8 Å². The minimum Gasteiger partial charge on any atom is -0.473 e. The molecule has 3 nitrogen and oxygen atoms in total. The number of carboxylic acid groups (broad SMARTS) is 1. The Morgan fingerprint density at radius 3 is 3.00 bits per heavy atom. The van der Waals surface area contributed by atoms with E-state index in [1.807, 2.05) is 6.08 Å². The van der Waals surface area contributed by atoms with Crippen LogP contribution in [0.25, 0.3) is 0 Å². The zero-order chi connectivity index (χ0) is 9.00. The molecule has 3 unspecified atom stereocenters. The average Bonchev–Trinajstić information content (AvgIpc) is 1.97. The van der Waals surface area contributed by atoms with Crippen molar-refractivity contribution in [3.63, 3.8) is 0 Å². The van der Waals surface area contributed by atoms with E-state index in [4.69, 9.17) is 5.11 Å². The van der Waals surface area contributed by atoms with Crippen molar-refractivity contribution < 1.29 is 9.90 Å². The van der Waals surface area contributed by atoms with Gasteiger partial charge < -0.3 is 5.11 Å². The molecule has 0 aromatic rings. The minimum atomic E-state index is -0.645. The molecule has 3 rings (SSSR count). The standard InChI is InChI=1S/C9H11NO2S/c11-9(12)13-8-2-1-6(8)5-7-3-4-10(7)13/h1-2,6-7H,3-5H2,(H,11,12). The number of fused-ring (bicyclic) bond motifs is 2. The zero-order valence-corrected chi connectivity index (χ0v) is 7.96. The lowest BCUT2D eigenvalue weighted by atomic mass is 9.85. The van der Waals surface area contributed by atoms with Crippen molar-refractivity contribution >= 4 is 20.8 Å². The zero-order valence-electron chi connectivity index (χ0n) is 7.14. The largest absolute Gasteiger partial charge is 0.473 e. The van der Waals surface area contributed by atoms with E-state index in [0.717, 1.165) is 17.8 Å². The molecule has 1 fully saturated rings. The van der Waals surface area contributed by atoms with Gasteiger partial charge in [-0.1, -0.05) is 12.2 Å². The lowest BCUT2D eigenvalue weighted by molar-refractivity contribution is 0.188. The molecular formula is C9H11NO2S. The van der Waals surface area contributed by atoms with Gasteiger partial charge in [0.2, 0.25) is 0 Å². The summed E-state index contributed by atoms with van der Waals surface area (Å²) in [5, 5.41) is 8.45. The predicted molar refractivity (Wildman–Crippen MR) is 53.0 cm³/mol. The van der Waals surface area contributed by atoms with Crippen LogP contribution in [0.5, 0.6) is 0 Å². The lowest BCUT2D eigenvalue weighted by Crippen LogP contribution is -2.51. The first-order chi connectivity index (χ1) is 6.27. The number of rotatable bonds is 0. The van der Waals surface area contributed by atoms with E-state index in [9.17, 15) is 4.79 Å². The molecule has 70 valence electrons. The molecule has 4 heteroatoms. The molecule has 0 aromatic heterocycles. The topological polar surface area (TPSA) is 40.5 Å². The van der Waals surface area contributed by atoms with E-state index in [1.165, 1.54) is 6.42 Å². The van der Waals surface area contributed by atoms with Crippen LogP contribution in [0, 0.1) is 5.92 Å². The molecule has 3 aliphatic rings. The maximum absolute atomic E-state index is 11.1. The lowest BCUT2D eigenvalue weighted by Gasteiger charge is -2.49. The van der Waals surface area contributed by atoms with E-state index in [2.05, 4.69) is 10.4 Å². The fourth-order valence-electron chi connectivity index (χ4n) is 2.24. The molecular weight excluding hydrogens is 186 g/mol. The van der Waals surface area contributed by atoms with Crippen LogP contribution >= 0.6 is 10.7 Å².